The Kier molecular flexibility index (Phi) is 5.58. The van der Waals surface area contributed by atoms with Gasteiger partial charge in [0.2, 0.25) is 10.7 Å². The van der Waals surface area contributed by atoms with Crippen LogP contribution in [0.25, 0.3) is 0 Å². The van der Waals surface area contributed by atoms with Crippen LogP contribution in [0.5, 0.6) is 0 Å². The van der Waals surface area contributed by atoms with Gasteiger partial charge in [-0.1, -0.05) is 6.07 Å². The third-order valence-corrected chi connectivity index (χ3v) is 5.88. The Balaban J connectivity index is 1.93. The summed E-state index contributed by atoms with van der Waals surface area (Å²) in [6.07, 6.45) is 2.20. The lowest BCUT2D eigenvalue weighted by atomic mass is 10.0. The second kappa shape index (κ2) is 7.74. The van der Waals surface area contributed by atoms with E-state index in [-0.39, 0.29) is 20.4 Å². The highest BCUT2D eigenvalue weighted by molar-refractivity contribution is 7.92. The second-order valence-corrected chi connectivity index (χ2v) is 8.47. The summed E-state index contributed by atoms with van der Waals surface area (Å²) < 4.78 is 27.9. The topological polar surface area (TPSA) is 131 Å². The van der Waals surface area contributed by atoms with E-state index in [4.69, 9.17) is 24.4 Å². The van der Waals surface area contributed by atoms with Crippen LogP contribution in [-0.2, 0) is 14.8 Å². The highest BCUT2D eigenvalue weighted by atomic mass is 32.2. The van der Waals surface area contributed by atoms with Gasteiger partial charge in [-0.2, -0.15) is 4.98 Å². The highest BCUT2D eigenvalue weighted by Gasteiger charge is 2.29. The first-order chi connectivity index (χ1) is 12.8. The summed E-state index contributed by atoms with van der Waals surface area (Å²) in [6.45, 7) is 0.552. The lowest BCUT2D eigenvalue weighted by Crippen LogP contribution is -2.44. The molecule has 1 aliphatic heterocycles. The predicted octanol–water partition coefficient (Wildman–Crippen LogP) is 2.44. The van der Waals surface area contributed by atoms with Crippen molar-refractivity contribution in [3.8, 4) is 0 Å². The minimum atomic E-state index is -3.97. The van der Waals surface area contributed by atoms with E-state index < -0.39 is 22.0 Å². The summed E-state index contributed by atoms with van der Waals surface area (Å²) in [5, 5.41) is 9.44. The van der Waals surface area contributed by atoms with Gasteiger partial charge in [0.15, 0.2) is 4.77 Å². The van der Waals surface area contributed by atoms with Crippen LogP contribution < -0.4 is 9.62 Å². The minimum absolute atomic E-state index is 0.0189. The summed E-state index contributed by atoms with van der Waals surface area (Å²) in [7, 11) is -3.97. The van der Waals surface area contributed by atoms with Crippen LogP contribution in [-0.4, -0.2) is 47.0 Å². The molecule has 0 spiro atoms. The Hall–Kier alpha value is -2.31. The fraction of sp³-hybridized carbons (Fsp3) is 0.333. The molecule has 2 aromatic rings. The number of hydrogen-bond donors (Lipinski definition) is 4. The monoisotopic (exact) mass is 427 g/mol. The molecule has 4 N–H and O–H groups in total. The standard InChI is InChI=1S/C15H17N5O4S3/c21-12(22)11-6-1-2-7-20(11)9-4-3-5-10(8-9)27(23,24)19-13-16-14(25)18-15(26)17-13/h3-5,8,11H,1-2,6-7H2,(H,21,22)(H3,16,17,18,19,25,26). The van der Waals surface area contributed by atoms with Crippen molar-refractivity contribution in [2.45, 2.75) is 30.2 Å². The number of rotatable bonds is 5. The number of carbonyl (C=O) groups is 1. The van der Waals surface area contributed by atoms with E-state index in [1.54, 1.807) is 17.0 Å². The van der Waals surface area contributed by atoms with E-state index >= 15 is 0 Å². The molecule has 1 aromatic heterocycles. The van der Waals surface area contributed by atoms with Crippen molar-refractivity contribution in [1.29, 1.82) is 0 Å². The van der Waals surface area contributed by atoms with Crippen LogP contribution in [0, 0.1) is 9.54 Å². The normalized spacial score (nSPS) is 17.5. The number of H-pyrrole nitrogens is 2. The molecule has 0 bridgehead atoms. The summed E-state index contributed by atoms with van der Waals surface area (Å²) in [4.78, 5) is 22.2. The van der Waals surface area contributed by atoms with Crippen molar-refractivity contribution in [2.75, 3.05) is 16.2 Å². The van der Waals surface area contributed by atoms with Gasteiger partial charge in [0.1, 0.15) is 6.04 Å². The molecule has 3 rings (SSSR count). The first-order valence-electron chi connectivity index (χ1n) is 8.09. The first kappa shape index (κ1) is 19.5. The molecular formula is C15H17N5O4S3. The maximum atomic E-state index is 12.7. The average molecular weight is 428 g/mol. The summed E-state index contributed by atoms with van der Waals surface area (Å²) in [6, 6.07) is 5.47. The smallest absolute Gasteiger partial charge is 0.326 e. The van der Waals surface area contributed by atoms with Gasteiger partial charge in [-0.3, -0.25) is 0 Å². The van der Waals surface area contributed by atoms with Gasteiger partial charge in [-0.25, -0.2) is 17.9 Å². The zero-order valence-electron chi connectivity index (χ0n) is 14.0. The van der Waals surface area contributed by atoms with E-state index in [1.807, 2.05) is 0 Å². The average Bonchev–Trinajstić information content (AvgIpc) is 2.60. The number of carboxylic acids is 1. The van der Waals surface area contributed by atoms with Gasteiger partial charge < -0.3 is 20.0 Å². The molecular weight excluding hydrogens is 410 g/mol. The molecule has 2 heterocycles. The zero-order valence-corrected chi connectivity index (χ0v) is 16.5. The van der Waals surface area contributed by atoms with Crippen molar-refractivity contribution in [3.05, 3.63) is 33.8 Å². The van der Waals surface area contributed by atoms with Crippen molar-refractivity contribution in [2.24, 2.45) is 0 Å². The molecule has 0 aliphatic carbocycles. The third kappa shape index (κ3) is 4.51. The Labute approximate surface area is 165 Å². The minimum Gasteiger partial charge on any atom is -0.480 e. The quantitative estimate of drug-likeness (QED) is 0.535. The Morgan fingerprint density at radius 2 is 2.07 bits per heavy atom. The fourth-order valence-electron chi connectivity index (χ4n) is 2.95. The number of benzene rings is 1. The van der Waals surface area contributed by atoms with Crippen LogP contribution >= 0.6 is 24.4 Å². The molecule has 144 valence electrons. The van der Waals surface area contributed by atoms with Crippen LogP contribution in [0.3, 0.4) is 0 Å². The molecule has 12 heteroatoms. The number of hydrogen-bond acceptors (Lipinski definition) is 7. The maximum absolute atomic E-state index is 12.7. The number of aliphatic carboxylic acids is 1. The van der Waals surface area contributed by atoms with E-state index in [2.05, 4.69) is 19.7 Å². The molecule has 1 aliphatic rings. The predicted molar refractivity (Wildman–Crippen MR) is 104 cm³/mol. The number of sulfonamides is 1. The Bertz CT molecular complexity index is 1050. The molecule has 0 radical (unpaired) electrons. The van der Waals surface area contributed by atoms with Crippen LogP contribution in [0.15, 0.2) is 29.2 Å². The number of nitrogens with one attached hydrogen (secondary N) is 3. The van der Waals surface area contributed by atoms with Gasteiger partial charge in [0, 0.05) is 12.2 Å². The van der Waals surface area contributed by atoms with Gasteiger partial charge in [-0.05, 0) is 61.9 Å². The molecule has 0 saturated carbocycles. The van der Waals surface area contributed by atoms with Crippen LogP contribution in [0.2, 0.25) is 0 Å². The third-order valence-electron chi connectivity index (χ3n) is 4.14. The maximum Gasteiger partial charge on any atom is 0.326 e. The largest absolute Gasteiger partial charge is 0.480 e. The van der Waals surface area contributed by atoms with Crippen molar-refractivity contribution >= 4 is 52.1 Å². The number of aromatic nitrogens is 3. The molecule has 9 nitrogen and oxygen atoms in total. The summed E-state index contributed by atoms with van der Waals surface area (Å²) >= 11 is 9.81. The summed E-state index contributed by atoms with van der Waals surface area (Å²) in [5.74, 6) is -1.02. The molecule has 1 fully saturated rings. The molecule has 1 unspecified atom stereocenters. The highest BCUT2D eigenvalue weighted by Crippen LogP contribution is 2.27. The van der Waals surface area contributed by atoms with Crippen LogP contribution in [0.4, 0.5) is 11.6 Å². The van der Waals surface area contributed by atoms with Gasteiger partial charge >= 0.3 is 5.97 Å². The number of piperidine rings is 1. The number of nitrogens with zero attached hydrogens (tertiary/aromatic N) is 2. The van der Waals surface area contributed by atoms with Crippen molar-refractivity contribution in [3.63, 3.8) is 0 Å². The second-order valence-electron chi connectivity index (χ2n) is 5.99. The van der Waals surface area contributed by atoms with E-state index in [1.165, 1.54) is 12.1 Å². The van der Waals surface area contributed by atoms with Gasteiger partial charge in [0.05, 0.1) is 4.90 Å². The Morgan fingerprint density at radius 1 is 1.30 bits per heavy atom. The number of anilines is 2. The van der Waals surface area contributed by atoms with Gasteiger partial charge in [0.25, 0.3) is 10.0 Å². The lowest BCUT2D eigenvalue weighted by molar-refractivity contribution is -0.139. The number of carboxylic acid groups (broad SMARTS) is 1. The van der Waals surface area contributed by atoms with Crippen LogP contribution in [0.1, 0.15) is 19.3 Å². The fourth-order valence-corrected chi connectivity index (χ4v) is 4.41. The van der Waals surface area contributed by atoms with E-state index in [0.717, 1.165) is 12.8 Å². The van der Waals surface area contributed by atoms with Gasteiger partial charge in [-0.15, -0.1) is 0 Å². The zero-order chi connectivity index (χ0) is 19.6. The molecule has 1 aromatic carbocycles. The molecule has 0 amide bonds. The van der Waals surface area contributed by atoms with Crippen molar-refractivity contribution in [1.82, 2.24) is 15.0 Å². The Morgan fingerprint density at radius 3 is 2.78 bits per heavy atom. The molecule has 1 saturated heterocycles. The van der Waals surface area contributed by atoms with Crippen molar-refractivity contribution < 1.29 is 18.3 Å². The van der Waals surface area contributed by atoms with E-state index in [9.17, 15) is 18.3 Å². The lowest BCUT2D eigenvalue weighted by Gasteiger charge is -2.35. The SMILES string of the molecule is O=C(O)C1CCCCN1c1cccc(S(=O)(=O)Nc2nc(=S)[nH]c(=S)[nH]2)c1. The molecule has 1 atom stereocenters. The number of aromatic amines is 2. The first-order valence-corrected chi connectivity index (χ1v) is 10.4. The molecule has 27 heavy (non-hydrogen) atoms. The summed E-state index contributed by atoms with van der Waals surface area (Å²) in [5.41, 5.74) is 0.538. The van der Waals surface area contributed by atoms with E-state index in [0.29, 0.717) is 18.7 Å².